The fourth-order valence-corrected chi connectivity index (χ4v) is 2.78. The number of methoxy groups -OCH3 is 1. The second kappa shape index (κ2) is 9.98. The summed E-state index contributed by atoms with van der Waals surface area (Å²) in [7, 11) is 1.58. The summed E-state index contributed by atoms with van der Waals surface area (Å²) < 4.78 is 15.9. The third-order valence-corrected chi connectivity index (χ3v) is 3.96. The Labute approximate surface area is 153 Å². The van der Waals surface area contributed by atoms with Gasteiger partial charge < -0.3 is 29.7 Å². The lowest BCUT2D eigenvalue weighted by Gasteiger charge is -2.20. The van der Waals surface area contributed by atoms with Crippen LogP contribution < -0.4 is 20.3 Å². The van der Waals surface area contributed by atoms with Gasteiger partial charge in [-0.2, -0.15) is 0 Å². The van der Waals surface area contributed by atoms with E-state index in [0.29, 0.717) is 25.5 Å². The van der Waals surface area contributed by atoms with E-state index < -0.39 is 6.29 Å². The second-order valence-electron chi connectivity index (χ2n) is 5.80. The summed E-state index contributed by atoms with van der Waals surface area (Å²) in [4.78, 5) is 26.0. The topological polar surface area (TPSA) is 89.1 Å². The van der Waals surface area contributed by atoms with Gasteiger partial charge in [0.15, 0.2) is 6.29 Å². The molecule has 3 amide bonds. The van der Waals surface area contributed by atoms with Gasteiger partial charge >= 0.3 is 6.03 Å². The molecule has 2 rings (SSSR count). The third kappa shape index (κ3) is 5.60. The van der Waals surface area contributed by atoms with E-state index in [9.17, 15) is 9.59 Å². The van der Waals surface area contributed by atoms with E-state index in [0.717, 1.165) is 5.69 Å². The van der Waals surface area contributed by atoms with E-state index in [-0.39, 0.29) is 30.9 Å². The van der Waals surface area contributed by atoms with Crippen molar-refractivity contribution in [3.63, 3.8) is 0 Å². The first-order valence-electron chi connectivity index (χ1n) is 8.79. The van der Waals surface area contributed by atoms with Gasteiger partial charge in [0.25, 0.3) is 0 Å². The maximum Gasteiger partial charge on any atom is 0.315 e. The normalized spacial score (nSPS) is 16.8. The lowest BCUT2D eigenvalue weighted by molar-refractivity contribution is -0.131. The van der Waals surface area contributed by atoms with E-state index >= 15 is 0 Å². The number of benzene rings is 1. The number of rotatable bonds is 9. The summed E-state index contributed by atoms with van der Waals surface area (Å²) in [5, 5.41) is 5.54. The highest BCUT2D eigenvalue weighted by atomic mass is 16.7. The SMILES string of the molecule is CCOC(CNC(=O)N[C@@H]1CC(=O)N(c2cccc(OC)c2)C1)OCC. The molecule has 0 aliphatic carbocycles. The quantitative estimate of drug-likeness (QED) is 0.648. The van der Waals surface area contributed by atoms with Crippen LogP contribution in [0.5, 0.6) is 5.75 Å². The van der Waals surface area contributed by atoms with Crippen molar-refractivity contribution in [2.24, 2.45) is 0 Å². The Morgan fingerprint density at radius 1 is 1.31 bits per heavy atom. The smallest absolute Gasteiger partial charge is 0.315 e. The number of carbonyl (C=O) groups is 2. The molecular weight excluding hydrogens is 338 g/mol. The van der Waals surface area contributed by atoms with Crippen molar-refractivity contribution in [1.29, 1.82) is 0 Å². The van der Waals surface area contributed by atoms with Crippen LogP contribution in [0, 0.1) is 0 Å². The van der Waals surface area contributed by atoms with Crippen molar-refractivity contribution in [3.05, 3.63) is 24.3 Å². The second-order valence-corrected chi connectivity index (χ2v) is 5.80. The zero-order chi connectivity index (χ0) is 18.9. The van der Waals surface area contributed by atoms with E-state index in [1.54, 1.807) is 18.1 Å². The van der Waals surface area contributed by atoms with Crippen LogP contribution in [0.2, 0.25) is 0 Å². The largest absolute Gasteiger partial charge is 0.497 e. The summed E-state index contributed by atoms with van der Waals surface area (Å²) in [6.07, 6.45) is -0.223. The van der Waals surface area contributed by atoms with E-state index in [1.807, 2.05) is 32.0 Å². The van der Waals surface area contributed by atoms with Crippen molar-refractivity contribution >= 4 is 17.6 Å². The number of anilines is 1. The Hall–Kier alpha value is -2.32. The highest BCUT2D eigenvalue weighted by molar-refractivity contribution is 5.97. The lowest BCUT2D eigenvalue weighted by Crippen LogP contribution is -2.46. The molecule has 1 aromatic carbocycles. The summed E-state index contributed by atoms with van der Waals surface area (Å²) >= 11 is 0. The molecule has 26 heavy (non-hydrogen) atoms. The number of amides is 3. The van der Waals surface area contributed by atoms with Crippen LogP contribution in [0.1, 0.15) is 20.3 Å². The number of nitrogens with zero attached hydrogens (tertiary/aromatic N) is 1. The van der Waals surface area contributed by atoms with Crippen molar-refractivity contribution in [3.8, 4) is 5.75 Å². The number of urea groups is 1. The minimum Gasteiger partial charge on any atom is -0.497 e. The van der Waals surface area contributed by atoms with Crippen LogP contribution in [-0.2, 0) is 14.3 Å². The predicted octanol–water partition coefficient (Wildman–Crippen LogP) is 1.50. The molecule has 2 N–H and O–H groups in total. The van der Waals surface area contributed by atoms with E-state index in [2.05, 4.69) is 10.6 Å². The van der Waals surface area contributed by atoms with Gasteiger partial charge in [-0.15, -0.1) is 0 Å². The number of carbonyl (C=O) groups excluding carboxylic acids is 2. The molecule has 1 heterocycles. The summed E-state index contributed by atoms with van der Waals surface area (Å²) in [5.74, 6) is 0.646. The molecule has 0 bridgehead atoms. The van der Waals surface area contributed by atoms with Gasteiger partial charge in [-0.25, -0.2) is 4.79 Å². The molecule has 0 radical (unpaired) electrons. The van der Waals surface area contributed by atoms with Gasteiger partial charge in [-0.1, -0.05) is 6.07 Å². The fourth-order valence-electron chi connectivity index (χ4n) is 2.78. The molecule has 0 aromatic heterocycles. The Balaban J connectivity index is 1.85. The van der Waals surface area contributed by atoms with Crippen LogP contribution in [0.3, 0.4) is 0 Å². The summed E-state index contributed by atoms with van der Waals surface area (Å²) in [6, 6.07) is 6.69. The molecule has 1 aliphatic heterocycles. The van der Waals surface area contributed by atoms with Crippen LogP contribution in [-0.4, -0.2) is 57.7 Å². The number of hydrogen-bond donors (Lipinski definition) is 2. The molecule has 8 heteroatoms. The van der Waals surface area contributed by atoms with E-state index in [1.165, 1.54) is 0 Å². The molecule has 1 saturated heterocycles. The molecule has 0 saturated carbocycles. The fraction of sp³-hybridized carbons (Fsp3) is 0.556. The highest BCUT2D eigenvalue weighted by Gasteiger charge is 2.31. The molecule has 1 aliphatic rings. The van der Waals surface area contributed by atoms with Gasteiger partial charge in [0.1, 0.15) is 5.75 Å². The van der Waals surface area contributed by atoms with Crippen molar-refractivity contribution in [1.82, 2.24) is 10.6 Å². The maximum atomic E-state index is 12.3. The van der Waals surface area contributed by atoms with Gasteiger partial charge in [-0.3, -0.25) is 4.79 Å². The summed E-state index contributed by atoms with van der Waals surface area (Å²) in [6.45, 7) is 5.39. The number of ether oxygens (including phenoxy) is 3. The van der Waals surface area contributed by atoms with Crippen LogP contribution in [0.15, 0.2) is 24.3 Å². The molecule has 0 spiro atoms. The average Bonchev–Trinajstić information content (AvgIpc) is 3.00. The van der Waals surface area contributed by atoms with Gasteiger partial charge in [-0.05, 0) is 26.0 Å². The first-order valence-corrected chi connectivity index (χ1v) is 8.79. The number of nitrogens with one attached hydrogen (secondary N) is 2. The molecule has 144 valence electrons. The van der Waals surface area contributed by atoms with Crippen LogP contribution >= 0.6 is 0 Å². The molecule has 1 atom stereocenters. The van der Waals surface area contributed by atoms with Crippen molar-refractivity contribution < 1.29 is 23.8 Å². The Kier molecular flexibility index (Phi) is 7.68. The zero-order valence-electron chi connectivity index (χ0n) is 15.5. The zero-order valence-corrected chi connectivity index (χ0v) is 15.5. The molecule has 1 aromatic rings. The monoisotopic (exact) mass is 365 g/mol. The minimum atomic E-state index is -0.478. The Bertz CT molecular complexity index is 604. The standard InChI is InChI=1S/C18H27N3O5/c1-4-25-17(26-5-2)11-19-18(23)20-13-9-16(22)21(12-13)14-7-6-8-15(10-14)24-3/h6-8,10,13,17H,4-5,9,11-12H2,1-3H3,(H2,19,20,23)/t13-/m1/s1. The molecule has 8 nitrogen and oxygen atoms in total. The van der Waals surface area contributed by atoms with Crippen molar-refractivity contribution in [2.75, 3.05) is 38.3 Å². The van der Waals surface area contributed by atoms with Gasteiger partial charge in [0.2, 0.25) is 5.91 Å². The lowest BCUT2D eigenvalue weighted by atomic mass is 10.2. The predicted molar refractivity (Wildman–Crippen MR) is 97.3 cm³/mol. The van der Waals surface area contributed by atoms with Gasteiger partial charge in [0, 0.05) is 37.9 Å². The molecule has 1 fully saturated rings. The molecule has 0 unspecified atom stereocenters. The molecular formula is C18H27N3O5. The first kappa shape index (κ1) is 20.0. The third-order valence-electron chi connectivity index (χ3n) is 3.96. The van der Waals surface area contributed by atoms with E-state index in [4.69, 9.17) is 14.2 Å². The van der Waals surface area contributed by atoms with Crippen molar-refractivity contribution in [2.45, 2.75) is 32.6 Å². The number of hydrogen-bond acceptors (Lipinski definition) is 5. The minimum absolute atomic E-state index is 0.0370. The van der Waals surface area contributed by atoms with Crippen LogP contribution in [0.4, 0.5) is 10.5 Å². The van der Waals surface area contributed by atoms with Gasteiger partial charge in [0.05, 0.1) is 19.7 Å². The van der Waals surface area contributed by atoms with Crippen LogP contribution in [0.25, 0.3) is 0 Å². The maximum absolute atomic E-state index is 12.3. The first-order chi connectivity index (χ1) is 12.6. The Morgan fingerprint density at radius 3 is 2.69 bits per heavy atom. The highest BCUT2D eigenvalue weighted by Crippen LogP contribution is 2.25. The summed E-state index contributed by atoms with van der Waals surface area (Å²) in [5.41, 5.74) is 0.756. The average molecular weight is 365 g/mol. The Morgan fingerprint density at radius 2 is 2.04 bits per heavy atom.